The van der Waals surface area contributed by atoms with Gasteiger partial charge in [0.1, 0.15) is 11.5 Å². The molecule has 1 aliphatic rings. The van der Waals surface area contributed by atoms with Crippen molar-refractivity contribution in [2.45, 2.75) is 13.0 Å². The molecule has 2 aromatic heterocycles. The highest BCUT2D eigenvalue weighted by atomic mass is 16.4. The fraction of sp³-hybridized carbons (Fsp3) is 0.154. The lowest BCUT2D eigenvalue weighted by Crippen LogP contribution is -2.35. The third-order valence-electron chi connectivity index (χ3n) is 3.10. The number of aromatic nitrogens is 3. The van der Waals surface area contributed by atoms with Crippen molar-refractivity contribution in [3.8, 4) is 0 Å². The number of allylic oxidation sites excluding steroid dienone is 4. The van der Waals surface area contributed by atoms with Crippen molar-refractivity contribution in [3.63, 3.8) is 0 Å². The number of fused-ring (bicyclic) bond motifs is 1. The minimum atomic E-state index is -1.16. The Labute approximate surface area is 113 Å². The second-order valence-corrected chi connectivity index (χ2v) is 4.45. The summed E-state index contributed by atoms with van der Waals surface area (Å²) in [4.78, 5) is 27.6. The molecular weight excluding hydrogens is 260 g/mol. The zero-order chi connectivity index (χ0) is 14.3. The summed E-state index contributed by atoms with van der Waals surface area (Å²) in [5.74, 6) is 0.360. The summed E-state index contributed by atoms with van der Waals surface area (Å²) in [5, 5.41) is 11.1. The van der Waals surface area contributed by atoms with Crippen LogP contribution in [0, 0.1) is 0 Å². The monoisotopic (exact) mass is 272 g/mol. The van der Waals surface area contributed by atoms with Crippen LogP contribution in [0.3, 0.4) is 0 Å². The number of carbonyl (C=O) groups is 1. The Kier molecular flexibility index (Phi) is 2.67. The molecule has 1 atom stereocenters. The van der Waals surface area contributed by atoms with E-state index in [1.807, 2.05) is 0 Å². The zero-order valence-electron chi connectivity index (χ0n) is 10.6. The third-order valence-corrected chi connectivity index (χ3v) is 3.10. The molecule has 2 aromatic rings. The molecule has 0 spiro atoms. The van der Waals surface area contributed by atoms with Gasteiger partial charge in [0.05, 0.1) is 11.7 Å². The highest BCUT2D eigenvalue weighted by molar-refractivity contribution is 5.68. The summed E-state index contributed by atoms with van der Waals surface area (Å²) >= 11 is 0. The summed E-state index contributed by atoms with van der Waals surface area (Å²) in [7, 11) is 0. The summed E-state index contributed by atoms with van der Waals surface area (Å²) < 4.78 is 2.83. The smallest absolute Gasteiger partial charge is 0.405 e. The number of hydrogen-bond donors (Lipinski definition) is 2. The molecule has 1 aliphatic carbocycles. The predicted molar refractivity (Wildman–Crippen MR) is 72.4 cm³/mol. The maximum atomic E-state index is 12.5. The van der Waals surface area contributed by atoms with E-state index in [1.165, 1.54) is 8.97 Å². The first-order chi connectivity index (χ1) is 9.58. The Morgan fingerprint density at radius 1 is 1.50 bits per heavy atom. The lowest BCUT2D eigenvalue weighted by molar-refractivity contribution is 0.190. The van der Waals surface area contributed by atoms with E-state index in [-0.39, 0.29) is 5.69 Å². The van der Waals surface area contributed by atoms with Crippen molar-refractivity contribution in [1.29, 1.82) is 0 Å². The number of rotatable bonds is 3. The van der Waals surface area contributed by atoms with Gasteiger partial charge in [0.2, 0.25) is 0 Å². The molecular formula is C13H12N4O3. The van der Waals surface area contributed by atoms with Crippen molar-refractivity contribution >= 4 is 17.4 Å². The molecule has 2 N–H and O–H groups in total. The largest absolute Gasteiger partial charge is 0.465 e. The molecule has 7 heteroatoms. The highest BCUT2D eigenvalue weighted by Crippen LogP contribution is 2.19. The van der Waals surface area contributed by atoms with Crippen LogP contribution in [0.1, 0.15) is 18.8 Å². The van der Waals surface area contributed by atoms with Crippen molar-refractivity contribution in [1.82, 2.24) is 19.3 Å². The normalized spacial score (nSPS) is 14.8. The van der Waals surface area contributed by atoms with E-state index in [0.717, 1.165) is 0 Å². The van der Waals surface area contributed by atoms with Crippen LogP contribution in [0.5, 0.6) is 0 Å². The van der Waals surface area contributed by atoms with Gasteiger partial charge >= 0.3 is 11.8 Å². The highest BCUT2D eigenvalue weighted by Gasteiger charge is 2.20. The molecule has 1 unspecified atom stereocenters. The first kappa shape index (κ1) is 12.2. The fourth-order valence-electron chi connectivity index (χ4n) is 2.11. The summed E-state index contributed by atoms with van der Waals surface area (Å²) in [5.41, 5.74) is 0.904. The maximum Gasteiger partial charge on any atom is 0.405 e. The lowest BCUT2D eigenvalue weighted by Gasteiger charge is -2.20. The Morgan fingerprint density at radius 3 is 2.85 bits per heavy atom. The zero-order valence-corrected chi connectivity index (χ0v) is 10.6. The molecule has 20 heavy (non-hydrogen) atoms. The molecule has 0 bridgehead atoms. The van der Waals surface area contributed by atoms with Gasteiger partial charge in [0.15, 0.2) is 0 Å². The van der Waals surface area contributed by atoms with E-state index in [1.54, 1.807) is 43.5 Å². The van der Waals surface area contributed by atoms with Crippen molar-refractivity contribution in [2.75, 3.05) is 0 Å². The molecule has 0 saturated heterocycles. The van der Waals surface area contributed by atoms with Gasteiger partial charge in [-0.25, -0.2) is 19.1 Å². The summed E-state index contributed by atoms with van der Waals surface area (Å²) in [6, 6.07) is 2.82. The first-order valence-electron chi connectivity index (χ1n) is 6.06. The second-order valence-electron chi connectivity index (χ2n) is 4.45. The molecule has 1 amide bonds. The Hall–Kier alpha value is -2.83. The topological polar surface area (TPSA) is 88.6 Å². The Balaban J connectivity index is 2.22. The van der Waals surface area contributed by atoms with Gasteiger partial charge in [0, 0.05) is 6.20 Å². The van der Waals surface area contributed by atoms with E-state index in [2.05, 4.69) is 10.3 Å². The van der Waals surface area contributed by atoms with Gasteiger partial charge in [-0.3, -0.25) is 4.40 Å². The third kappa shape index (κ3) is 1.80. The van der Waals surface area contributed by atoms with Gasteiger partial charge in [-0.2, -0.15) is 0 Å². The SMILES string of the molecule is CC(NC(=O)O)c1nc2cccn2c(=O)n1C1=CC=C1. The van der Waals surface area contributed by atoms with Crippen LogP contribution in [0.2, 0.25) is 0 Å². The van der Waals surface area contributed by atoms with E-state index < -0.39 is 12.1 Å². The average molecular weight is 272 g/mol. The van der Waals surface area contributed by atoms with Crippen LogP contribution in [-0.4, -0.2) is 25.2 Å². The quantitative estimate of drug-likeness (QED) is 0.879. The second kappa shape index (κ2) is 4.37. The van der Waals surface area contributed by atoms with Crippen LogP contribution in [0.25, 0.3) is 11.3 Å². The minimum absolute atomic E-state index is 0.273. The molecule has 0 aliphatic heterocycles. The Bertz CT molecular complexity index is 813. The Morgan fingerprint density at radius 2 is 2.25 bits per heavy atom. The first-order valence-corrected chi connectivity index (χ1v) is 6.06. The molecule has 102 valence electrons. The van der Waals surface area contributed by atoms with Gasteiger partial charge in [-0.1, -0.05) is 6.08 Å². The van der Waals surface area contributed by atoms with E-state index in [9.17, 15) is 9.59 Å². The predicted octanol–water partition coefficient (Wildman–Crippen LogP) is 1.24. The molecule has 0 saturated carbocycles. The van der Waals surface area contributed by atoms with Crippen LogP contribution in [-0.2, 0) is 0 Å². The number of nitrogens with zero attached hydrogens (tertiary/aromatic N) is 3. The minimum Gasteiger partial charge on any atom is -0.465 e. The van der Waals surface area contributed by atoms with Crippen molar-refractivity contribution in [3.05, 3.63) is 52.9 Å². The maximum absolute atomic E-state index is 12.5. The van der Waals surface area contributed by atoms with Crippen LogP contribution in [0.15, 0.2) is 41.4 Å². The number of amides is 1. The standard InChI is InChI=1S/C13H12N4O3/c1-8(14-12(18)19)11-15-10-6-3-7-16(10)13(20)17(11)9-4-2-5-9/h2-8,14H,1H3,(H,18,19). The lowest BCUT2D eigenvalue weighted by atomic mass is 10.2. The van der Waals surface area contributed by atoms with Crippen LogP contribution >= 0.6 is 0 Å². The van der Waals surface area contributed by atoms with E-state index >= 15 is 0 Å². The fourth-order valence-corrected chi connectivity index (χ4v) is 2.11. The summed E-state index contributed by atoms with van der Waals surface area (Å²) in [6.45, 7) is 1.65. The molecule has 2 heterocycles. The molecule has 0 radical (unpaired) electrons. The average Bonchev–Trinajstić information content (AvgIpc) is 2.77. The van der Waals surface area contributed by atoms with Crippen molar-refractivity contribution in [2.24, 2.45) is 0 Å². The molecule has 7 nitrogen and oxygen atoms in total. The van der Waals surface area contributed by atoms with Gasteiger partial charge in [0.25, 0.3) is 0 Å². The van der Waals surface area contributed by atoms with E-state index in [4.69, 9.17) is 5.11 Å². The van der Waals surface area contributed by atoms with E-state index in [0.29, 0.717) is 17.2 Å². The molecule has 3 rings (SSSR count). The molecule has 0 aromatic carbocycles. The number of carboxylic acid groups (broad SMARTS) is 1. The van der Waals surface area contributed by atoms with Crippen LogP contribution < -0.4 is 11.0 Å². The van der Waals surface area contributed by atoms with Gasteiger partial charge in [-0.15, -0.1) is 0 Å². The van der Waals surface area contributed by atoms with Gasteiger partial charge < -0.3 is 10.4 Å². The molecule has 0 fully saturated rings. The summed E-state index contributed by atoms with van der Waals surface area (Å²) in [6.07, 6.45) is 5.82. The number of nitrogens with one attached hydrogen (secondary N) is 1. The van der Waals surface area contributed by atoms with Gasteiger partial charge in [-0.05, 0) is 31.2 Å². The number of hydrogen-bond acceptors (Lipinski definition) is 3. The van der Waals surface area contributed by atoms with Crippen molar-refractivity contribution < 1.29 is 9.90 Å². The van der Waals surface area contributed by atoms with Crippen LogP contribution in [0.4, 0.5) is 4.79 Å².